The van der Waals surface area contributed by atoms with Crippen LogP contribution in [0, 0.1) is 0 Å². The molecule has 6 nitrogen and oxygen atoms in total. The molecule has 0 atom stereocenters. The van der Waals surface area contributed by atoms with Gasteiger partial charge < -0.3 is 15.8 Å². The predicted octanol–water partition coefficient (Wildman–Crippen LogP) is 0.997. The molecule has 0 aliphatic carbocycles. The molecule has 1 heterocycles. The molecular weight excluding hydrogens is 242 g/mol. The van der Waals surface area contributed by atoms with Crippen molar-refractivity contribution in [1.29, 1.82) is 0 Å². The van der Waals surface area contributed by atoms with Gasteiger partial charge in [-0.1, -0.05) is 11.3 Å². The number of carbonyl (C=O) groups is 2. The van der Waals surface area contributed by atoms with Gasteiger partial charge in [0.05, 0.1) is 6.20 Å². The number of carbonyl (C=O) groups excluding carboxylic acids is 2. The van der Waals surface area contributed by atoms with Crippen LogP contribution < -0.4 is 11.1 Å². The number of nitrogens with two attached hydrogens (primary N) is 1. The number of aromatic nitrogens is 1. The molecule has 0 unspecified atom stereocenters. The average Bonchev–Trinajstić information content (AvgIpc) is 2.73. The van der Waals surface area contributed by atoms with E-state index >= 15 is 0 Å². The van der Waals surface area contributed by atoms with Gasteiger partial charge in [-0.05, 0) is 13.3 Å². The van der Waals surface area contributed by atoms with E-state index in [1.165, 1.54) is 6.20 Å². The minimum Gasteiger partial charge on any atom is -0.382 e. The topological polar surface area (TPSA) is 94.3 Å². The second kappa shape index (κ2) is 6.97. The van der Waals surface area contributed by atoms with E-state index in [0.29, 0.717) is 36.1 Å². The zero-order valence-electron chi connectivity index (χ0n) is 9.56. The largest absolute Gasteiger partial charge is 0.382 e. The van der Waals surface area contributed by atoms with Crippen LogP contribution in [0.3, 0.4) is 0 Å². The third-order valence-corrected chi connectivity index (χ3v) is 2.82. The lowest BCUT2D eigenvalue weighted by Gasteiger charge is -2.01. The molecule has 0 aliphatic rings. The minimum atomic E-state index is -0.542. The summed E-state index contributed by atoms with van der Waals surface area (Å²) in [5, 5.41) is 2.99. The first-order valence-electron chi connectivity index (χ1n) is 5.26. The first kappa shape index (κ1) is 13.6. The molecule has 0 fully saturated rings. The lowest BCUT2D eigenvalue weighted by atomic mass is 10.3. The summed E-state index contributed by atoms with van der Waals surface area (Å²) < 4.78 is 5.12. The molecular formula is C10H15N3O3S. The monoisotopic (exact) mass is 257 g/mol. The number of nitrogens with one attached hydrogen (secondary N) is 1. The van der Waals surface area contributed by atoms with E-state index in [4.69, 9.17) is 10.5 Å². The number of primary amides is 1. The van der Waals surface area contributed by atoms with Crippen molar-refractivity contribution in [3.63, 3.8) is 0 Å². The van der Waals surface area contributed by atoms with Crippen LogP contribution in [0.5, 0.6) is 0 Å². The van der Waals surface area contributed by atoms with Crippen LogP contribution in [0.25, 0.3) is 0 Å². The van der Waals surface area contributed by atoms with Gasteiger partial charge in [0.2, 0.25) is 5.91 Å². The summed E-state index contributed by atoms with van der Waals surface area (Å²) in [7, 11) is 0. The Hall–Kier alpha value is -1.47. The smallest absolute Gasteiger partial charge is 0.260 e. The van der Waals surface area contributed by atoms with Crippen LogP contribution in [0.4, 0.5) is 5.13 Å². The SMILES string of the molecule is CCOCCCC(=O)Nc1ncc(C(N)=O)s1. The predicted molar refractivity (Wildman–Crippen MR) is 65.0 cm³/mol. The molecule has 7 heteroatoms. The summed E-state index contributed by atoms with van der Waals surface area (Å²) in [5.41, 5.74) is 5.07. The van der Waals surface area contributed by atoms with Gasteiger partial charge in [0.25, 0.3) is 5.91 Å². The number of anilines is 1. The fourth-order valence-electron chi connectivity index (χ4n) is 1.11. The number of thiazole rings is 1. The fraction of sp³-hybridized carbons (Fsp3) is 0.500. The van der Waals surface area contributed by atoms with E-state index in [1.54, 1.807) is 0 Å². The Morgan fingerprint density at radius 3 is 2.94 bits per heavy atom. The lowest BCUT2D eigenvalue weighted by Crippen LogP contribution is -2.12. The number of hydrogen-bond donors (Lipinski definition) is 2. The second-order valence-electron chi connectivity index (χ2n) is 3.24. The maximum atomic E-state index is 11.4. The lowest BCUT2D eigenvalue weighted by molar-refractivity contribution is -0.116. The van der Waals surface area contributed by atoms with Gasteiger partial charge in [0.1, 0.15) is 4.88 Å². The third kappa shape index (κ3) is 4.92. The number of amides is 2. The first-order valence-corrected chi connectivity index (χ1v) is 6.08. The number of nitrogens with zero attached hydrogens (tertiary/aromatic N) is 1. The first-order chi connectivity index (χ1) is 8.13. The zero-order chi connectivity index (χ0) is 12.7. The Kier molecular flexibility index (Phi) is 5.58. The highest BCUT2D eigenvalue weighted by atomic mass is 32.1. The molecule has 94 valence electrons. The number of rotatable bonds is 7. The Morgan fingerprint density at radius 2 is 2.35 bits per heavy atom. The highest BCUT2D eigenvalue weighted by molar-refractivity contribution is 7.17. The van der Waals surface area contributed by atoms with Gasteiger partial charge in [-0.15, -0.1) is 0 Å². The summed E-state index contributed by atoms with van der Waals surface area (Å²) in [6.45, 7) is 3.12. The second-order valence-corrected chi connectivity index (χ2v) is 4.27. The molecule has 17 heavy (non-hydrogen) atoms. The Morgan fingerprint density at radius 1 is 1.59 bits per heavy atom. The van der Waals surface area contributed by atoms with Crippen LogP contribution in [0.15, 0.2) is 6.20 Å². The normalized spacial score (nSPS) is 10.2. The van der Waals surface area contributed by atoms with Gasteiger partial charge in [0, 0.05) is 19.6 Å². The van der Waals surface area contributed by atoms with Gasteiger partial charge >= 0.3 is 0 Å². The van der Waals surface area contributed by atoms with Crippen molar-refractivity contribution in [2.75, 3.05) is 18.5 Å². The standard InChI is InChI=1S/C10H15N3O3S/c1-2-16-5-3-4-8(14)13-10-12-6-7(17-10)9(11)15/h6H,2-5H2,1H3,(H2,11,15)(H,12,13,14). The van der Waals surface area contributed by atoms with Crippen LogP contribution in [0.1, 0.15) is 29.4 Å². The van der Waals surface area contributed by atoms with Gasteiger partial charge in [-0.25, -0.2) is 4.98 Å². The highest BCUT2D eigenvalue weighted by Gasteiger charge is 2.09. The average molecular weight is 257 g/mol. The van der Waals surface area contributed by atoms with Crippen molar-refractivity contribution in [1.82, 2.24) is 4.98 Å². The Labute approximate surface area is 103 Å². The zero-order valence-corrected chi connectivity index (χ0v) is 10.4. The molecule has 3 N–H and O–H groups in total. The quantitative estimate of drug-likeness (QED) is 0.712. The van der Waals surface area contributed by atoms with Crippen LogP contribution in [-0.4, -0.2) is 30.0 Å². The molecule has 0 spiro atoms. The van der Waals surface area contributed by atoms with E-state index in [9.17, 15) is 9.59 Å². The summed E-state index contributed by atoms with van der Waals surface area (Å²) in [5.74, 6) is -0.686. The van der Waals surface area contributed by atoms with Crippen LogP contribution in [0.2, 0.25) is 0 Å². The van der Waals surface area contributed by atoms with Gasteiger partial charge in [-0.2, -0.15) is 0 Å². The fourth-order valence-corrected chi connectivity index (χ4v) is 1.79. The molecule has 0 saturated heterocycles. The van der Waals surface area contributed by atoms with E-state index in [1.807, 2.05) is 6.92 Å². The summed E-state index contributed by atoms with van der Waals surface area (Å²) in [6.07, 6.45) is 2.38. The minimum absolute atomic E-state index is 0.143. The Bertz CT molecular complexity index is 392. The van der Waals surface area contributed by atoms with E-state index in [-0.39, 0.29) is 5.91 Å². The van der Waals surface area contributed by atoms with Crippen LogP contribution >= 0.6 is 11.3 Å². The highest BCUT2D eigenvalue weighted by Crippen LogP contribution is 2.17. The molecule has 0 aromatic carbocycles. The molecule has 1 rings (SSSR count). The van der Waals surface area contributed by atoms with Gasteiger partial charge in [-0.3, -0.25) is 9.59 Å². The number of hydrogen-bond acceptors (Lipinski definition) is 5. The van der Waals surface area contributed by atoms with Crippen molar-refractivity contribution in [2.24, 2.45) is 5.73 Å². The van der Waals surface area contributed by atoms with Gasteiger partial charge in [0.15, 0.2) is 5.13 Å². The summed E-state index contributed by atoms with van der Waals surface area (Å²) >= 11 is 1.06. The van der Waals surface area contributed by atoms with E-state index in [2.05, 4.69) is 10.3 Å². The van der Waals surface area contributed by atoms with Crippen molar-refractivity contribution < 1.29 is 14.3 Å². The van der Waals surface area contributed by atoms with Crippen molar-refractivity contribution in [2.45, 2.75) is 19.8 Å². The summed E-state index contributed by atoms with van der Waals surface area (Å²) in [4.78, 5) is 26.5. The van der Waals surface area contributed by atoms with Crippen LogP contribution in [-0.2, 0) is 9.53 Å². The summed E-state index contributed by atoms with van der Waals surface area (Å²) in [6, 6.07) is 0. The molecule has 1 aromatic rings. The molecule has 2 amide bonds. The molecule has 0 aliphatic heterocycles. The van der Waals surface area contributed by atoms with E-state index in [0.717, 1.165) is 11.3 Å². The Balaban J connectivity index is 2.32. The maximum absolute atomic E-state index is 11.4. The molecule has 1 aromatic heterocycles. The molecule has 0 saturated carbocycles. The van der Waals surface area contributed by atoms with Crippen molar-refractivity contribution in [3.8, 4) is 0 Å². The van der Waals surface area contributed by atoms with Crippen molar-refractivity contribution >= 4 is 28.3 Å². The maximum Gasteiger partial charge on any atom is 0.260 e. The number of ether oxygens (including phenoxy) is 1. The third-order valence-electron chi connectivity index (χ3n) is 1.89. The molecule has 0 radical (unpaired) electrons. The molecule has 0 bridgehead atoms. The van der Waals surface area contributed by atoms with Crippen molar-refractivity contribution in [3.05, 3.63) is 11.1 Å². The van der Waals surface area contributed by atoms with E-state index < -0.39 is 5.91 Å².